The van der Waals surface area contributed by atoms with E-state index >= 15 is 0 Å². The summed E-state index contributed by atoms with van der Waals surface area (Å²) in [5.41, 5.74) is 5.58. The summed E-state index contributed by atoms with van der Waals surface area (Å²) in [4.78, 5) is 4.30. The second kappa shape index (κ2) is 10.5. The van der Waals surface area contributed by atoms with Gasteiger partial charge in [0.05, 0.1) is 19.8 Å². The lowest BCUT2D eigenvalue weighted by Crippen LogP contribution is -2.37. The van der Waals surface area contributed by atoms with Crippen LogP contribution in [0, 0.1) is 6.92 Å². The number of hydrogen-bond donors (Lipinski definition) is 1. The molecule has 0 unspecified atom stereocenters. The molecule has 2 aromatic carbocycles. The van der Waals surface area contributed by atoms with Crippen molar-refractivity contribution in [3.8, 4) is 11.3 Å². The average molecular weight is 406 g/mol. The number of aromatic nitrogens is 3. The molecule has 4 rings (SSSR count). The Hall–Kier alpha value is -2.54. The van der Waals surface area contributed by atoms with Crippen molar-refractivity contribution < 1.29 is 4.74 Å². The van der Waals surface area contributed by atoms with Crippen LogP contribution < -0.4 is 5.32 Å². The molecule has 0 amide bonds. The zero-order valence-corrected chi connectivity index (χ0v) is 17.8. The molecule has 1 aliphatic heterocycles. The number of rotatable bonds is 9. The minimum absolute atomic E-state index is 0.684. The van der Waals surface area contributed by atoms with Crippen LogP contribution in [0.25, 0.3) is 11.3 Å². The second-order valence-electron chi connectivity index (χ2n) is 7.80. The first-order chi connectivity index (χ1) is 14.8. The lowest BCUT2D eigenvalue weighted by atomic mass is 10.1. The van der Waals surface area contributed by atoms with Gasteiger partial charge in [-0.3, -0.25) is 4.90 Å². The third-order valence-corrected chi connectivity index (χ3v) is 5.57. The number of nitrogens with zero attached hydrogens (tertiary/aromatic N) is 4. The van der Waals surface area contributed by atoms with Crippen molar-refractivity contribution in [1.29, 1.82) is 0 Å². The Balaban J connectivity index is 1.40. The van der Waals surface area contributed by atoms with E-state index in [4.69, 9.17) is 14.9 Å². The molecule has 1 fully saturated rings. The van der Waals surface area contributed by atoms with Crippen LogP contribution in [0.3, 0.4) is 0 Å². The molecule has 6 heteroatoms. The van der Waals surface area contributed by atoms with Gasteiger partial charge >= 0.3 is 0 Å². The first-order valence-corrected chi connectivity index (χ1v) is 10.8. The van der Waals surface area contributed by atoms with Crippen LogP contribution in [-0.2, 0) is 17.8 Å². The number of benzene rings is 2. The van der Waals surface area contributed by atoms with Crippen LogP contribution in [0.2, 0.25) is 0 Å². The van der Waals surface area contributed by atoms with E-state index in [1.54, 1.807) is 0 Å². The van der Waals surface area contributed by atoms with Gasteiger partial charge in [0.15, 0.2) is 0 Å². The van der Waals surface area contributed by atoms with E-state index in [9.17, 15) is 0 Å². The maximum Gasteiger partial charge on any atom is 0.117 e. The van der Waals surface area contributed by atoms with Crippen LogP contribution in [-0.4, -0.2) is 59.3 Å². The largest absolute Gasteiger partial charge is 0.379 e. The van der Waals surface area contributed by atoms with Gasteiger partial charge in [0.1, 0.15) is 11.4 Å². The summed E-state index contributed by atoms with van der Waals surface area (Å²) in [6.45, 7) is 9.43. The van der Waals surface area contributed by atoms with Crippen molar-refractivity contribution in [2.75, 3.05) is 39.4 Å². The SMILES string of the molecule is Cc1ccccc1Cn1nc(CNCCCN2CCOCC2)c(-c2ccccc2)n1. The number of hydrogen-bond acceptors (Lipinski definition) is 5. The Morgan fingerprint density at radius 2 is 1.73 bits per heavy atom. The lowest BCUT2D eigenvalue weighted by Gasteiger charge is -2.26. The summed E-state index contributed by atoms with van der Waals surface area (Å²) in [5, 5.41) is 13.2. The molecular formula is C24H31N5O. The minimum Gasteiger partial charge on any atom is -0.379 e. The standard InChI is InChI=1S/C24H31N5O/c1-20-8-5-6-11-22(20)19-29-26-23(24(27-29)21-9-3-2-4-10-21)18-25-12-7-13-28-14-16-30-17-15-28/h2-6,8-11,25H,7,12-19H2,1H3. The highest BCUT2D eigenvalue weighted by Crippen LogP contribution is 2.20. The zero-order chi connectivity index (χ0) is 20.6. The molecule has 6 nitrogen and oxygen atoms in total. The third kappa shape index (κ3) is 5.53. The summed E-state index contributed by atoms with van der Waals surface area (Å²) in [7, 11) is 0. The van der Waals surface area contributed by atoms with Crippen molar-refractivity contribution in [3.63, 3.8) is 0 Å². The molecule has 1 aliphatic rings. The number of ether oxygens (including phenoxy) is 1. The van der Waals surface area contributed by atoms with Gasteiger partial charge in [-0.2, -0.15) is 15.0 Å². The molecule has 0 bridgehead atoms. The molecule has 158 valence electrons. The number of aryl methyl sites for hydroxylation is 1. The maximum atomic E-state index is 5.42. The molecule has 2 heterocycles. The minimum atomic E-state index is 0.684. The van der Waals surface area contributed by atoms with Crippen molar-refractivity contribution in [3.05, 3.63) is 71.4 Å². The Morgan fingerprint density at radius 3 is 2.53 bits per heavy atom. The van der Waals surface area contributed by atoms with Gasteiger partial charge in [-0.25, -0.2) is 0 Å². The molecule has 1 saturated heterocycles. The summed E-state index contributed by atoms with van der Waals surface area (Å²) in [6.07, 6.45) is 1.12. The molecule has 3 aromatic rings. The van der Waals surface area contributed by atoms with Gasteiger partial charge in [-0.15, -0.1) is 0 Å². The second-order valence-corrected chi connectivity index (χ2v) is 7.80. The van der Waals surface area contributed by atoms with Crippen LogP contribution in [0.5, 0.6) is 0 Å². The van der Waals surface area contributed by atoms with E-state index in [0.29, 0.717) is 6.54 Å². The van der Waals surface area contributed by atoms with Crippen LogP contribution in [0.4, 0.5) is 0 Å². The monoisotopic (exact) mass is 405 g/mol. The number of morpholine rings is 1. The van der Waals surface area contributed by atoms with Gasteiger partial charge in [-0.1, -0.05) is 54.6 Å². The van der Waals surface area contributed by atoms with E-state index in [-0.39, 0.29) is 0 Å². The molecule has 1 aromatic heterocycles. The van der Waals surface area contributed by atoms with Crippen LogP contribution in [0.15, 0.2) is 54.6 Å². The number of nitrogens with one attached hydrogen (secondary N) is 1. The Morgan fingerprint density at radius 1 is 0.967 bits per heavy atom. The maximum absolute atomic E-state index is 5.42. The topological polar surface area (TPSA) is 55.2 Å². The van der Waals surface area contributed by atoms with Gasteiger partial charge < -0.3 is 10.1 Å². The van der Waals surface area contributed by atoms with Gasteiger partial charge in [0.25, 0.3) is 0 Å². The Kier molecular flexibility index (Phi) is 7.24. The molecular weight excluding hydrogens is 374 g/mol. The van der Waals surface area contributed by atoms with Crippen molar-refractivity contribution in [2.24, 2.45) is 0 Å². The molecule has 0 atom stereocenters. The Bertz CT molecular complexity index is 918. The molecule has 30 heavy (non-hydrogen) atoms. The molecule has 0 aliphatic carbocycles. The first kappa shape index (κ1) is 20.7. The fourth-order valence-corrected chi connectivity index (χ4v) is 3.79. The van der Waals surface area contributed by atoms with Crippen LogP contribution >= 0.6 is 0 Å². The van der Waals surface area contributed by atoms with Crippen molar-refractivity contribution >= 4 is 0 Å². The average Bonchev–Trinajstić information content (AvgIpc) is 3.19. The van der Waals surface area contributed by atoms with Gasteiger partial charge in [0, 0.05) is 25.2 Å². The lowest BCUT2D eigenvalue weighted by molar-refractivity contribution is 0.0374. The van der Waals surface area contributed by atoms with E-state index < -0.39 is 0 Å². The summed E-state index contributed by atoms with van der Waals surface area (Å²) in [5.74, 6) is 0. The fraction of sp³-hybridized carbons (Fsp3) is 0.417. The third-order valence-electron chi connectivity index (χ3n) is 5.57. The summed E-state index contributed by atoms with van der Waals surface area (Å²) < 4.78 is 5.42. The van der Waals surface area contributed by atoms with E-state index in [1.807, 2.05) is 10.9 Å². The highest BCUT2D eigenvalue weighted by molar-refractivity contribution is 5.60. The van der Waals surface area contributed by atoms with Gasteiger partial charge in [-0.05, 0) is 37.6 Å². The fourth-order valence-electron chi connectivity index (χ4n) is 3.79. The summed E-state index contributed by atoms with van der Waals surface area (Å²) in [6, 6.07) is 18.7. The quantitative estimate of drug-likeness (QED) is 0.555. The van der Waals surface area contributed by atoms with E-state index in [1.165, 1.54) is 11.1 Å². The zero-order valence-electron chi connectivity index (χ0n) is 17.8. The van der Waals surface area contributed by atoms with Crippen molar-refractivity contribution in [2.45, 2.75) is 26.4 Å². The molecule has 0 radical (unpaired) electrons. The van der Waals surface area contributed by atoms with E-state index in [0.717, 1.165) is 69.3 Å². The summed E-state index contributed by atoms with van der Waals surface area (Å²) >= 11 is 0. The normalized spacial score (nSPS) is 14.8. The highest BCUT2D eigenvalue weighted by atomic mass is 16.5. The van der Waals surface area contributed by atoms with E-state index in [2.05, 4.69) is 65.7 Å². The molecule has 0 spiro atoms. The predicted molar refractivity (Wildman–Crippen MR) is 119 cm³/mol. The molecule has 1 N–H and O–H groups in total. The smallest absolute Gasteiger partial charge is 0.117 e. The van der Waals surface area contributed by atoms with Gasteiger partial charge in [0.2, 0.25) is 0 Å². The van der Waals surface area contributed by atoms with Crippen molar-refractivity contribution in [1.82, 2.24) is 25.2 Å². The highest BCUT2D eigenvalue weighted by Gasteiger charge is 2.14. The molecule has 0 saturated carbocycles. The predicted octanol–water partition coefficient (Wildman–Crippen LogP) is 3.11. The first-order valence-electron chi connectivity index (χ1n) is 10.8. The van der Waals surface area contributed by atoms with Crippen LogP contribution in [0.1, 0.15) is 23.2 Å². The Labute approximate surface area is 178 Å².